The average Bonchev–Trinajstić information content (AvgIpc) is 2.43. The maximum absolute atomic E-state index is 10.6. The summed E-state index contributed by atoms with van der Waals surface area (Å²) in [6.45, 7) is 1.62. The molecule has 1 aromatic rings. The van der Waals surface area contributed by atoms with Gasteiger partial charge in [0.05, 0.1) is 5.69 Å². The van der Waals surface area contributed by atoms with Crippen LogP contribution in [-0.4, -0.2) is 22.3 Å². The van der Waals surface area contributed by atoms with Gasteiger partial charge >= 0.3 is 5.97 Å². The number of carboxylic acid groups (broad SMARTS) is 1. The lowest BCUT2D eigenvalue weighted by atomic mass is 10.4. The van der Waals surface area contributed by atoms with Gasteiger partial charge in [0.25, 0.3) is 0 Å². The Balaban J connectivity index is 3.01. The van der Waals surface area contributed by atoms with E-state index in [1.165, 1.54) is 12.2 Å². The van der Waals surface area contributed by atoms with Crippen molar-refractivity contribution in [1.82, 2.24) is 4.98 Å². The number of allylic oxidation sites excluding steroid dienone is 1. The summed E-state index contributed by atoms with van der Waals surface area (Å²) in [6, 6.07) is 0. The van der Waals surface area contributed by atoms with E-state index in [1.807, 2.05) is 0 Å². The minimum atomic E-state index is -0.985. The molecule has 0 spiro atoms. The van der Waals surface area contributed by atoms with Gasteiger partial charge in [-0.3, -0.25) is 4.79 Å². The van der Waals surface area contributed by atoms with Crippen molar-refractivity contribution in [3.05, 3.63) is 21.7 Å². The molecule has 0 unspecified atom stereocenters. The predicted octanol–water partition coefficient (Wildman–Crippen LogP) is 1.36. The van der Waals surface area contributed by atoms with Crippen LogP contribution in [0.25, 0.3) is 6.08 Å². The Bertz CT molecular complexity index is 367. The van der Waals surface area contributed by atoms with E-state index in [1.54, 1.807) is 6.92 Å². The largest absolute Gasteiger partial charge is 0.477 e. The highest BCUT2D eigenvalue weighted by Gasteiger charge is 2.11. The fourth-order valence-electron chi connectivity index (χ4n) is 0.809. The van der Waals surface area contributed by atoms with E-state index >= 15 is 0 Å². The number of rotatable bonds is 3. The maximum Gasteiger partial charge on any atom is 0.347 e. The van der Waals surface area contributed by atoms with Crippen molar-refractivity contribution < 1.29 is 14.7 Å². The average molecular weight is 197 g/mol. The second-order valence-electron chi connectivity index (χ2n) is 2.27. The summed E-state index contributed by atoms with van der Waals surface area (Å²) in [5.41, 5.74) is 0.475. The van der Waals surface area contributed by atoms with Gasteiger partial charge < -0.3 is 5.11 Å². The predicted molar refractivity (Wildman–Crippen MR) is 48.9 cm³/mol. The van der Waals surface area contributed by atoms with Crippen LogP contribution >= 0.6 is 11.3 Å². The van der Waals surface area contributed by atoms with Crippen LogP contribution in [-0.2, 0) is 4.79 Å². The molecule has 1 heterocycles. The molecule has 1 aromatic heterocycles. The third kappa shape index (κ3) is 2.22. The SMILES string of the molecule is Cc1nc(C=CC=O)sc1C(=O)O. The first kappa shape index (κ1) is 9.60. The maximum atomic E-state index is 10.6. The van der Waals surface area contributed by atoms with Crippen LogP contribution in [0.5, 0.6) is 0 Å². The molecule has 0 aliphatic rings. The number of hydrogen-bond donors (Lipinski definition) is 1. The molecular formula is C8H7NO3S. The minimum absolute atomic E-state index is 0.213. The fourth-order valence-corrected chi connectivity index (χ4v) is 1.63. The first-order valence-electron chi connectivity index (χ1n) is 3.47. The van der Waals surface area contributed by atoms with Gasteiger partial charge in [0, 0.05) is 0 Å². The molecule has 4 nitrogen and oxygen atoms in total. The zero-order valence-electron chi connectivity index (χ0n) is 6.85. The first-order chi connectivity index (χ1) is 6.15. The summed E-state index contributed by atoms with van der Waals surface area (Å²) in [4.78, 5) is 24.7. The zero-order chi connectivity index (χ0) is 9.84. The Morgan fingerprint density at radius 1 is 1.62 bits per heavy atom. The van der Waals surface area contributed by atoms with Gasteiger partial charge in [-0.15, -0.1) is 11.3 Å². The third-order valence-electron chi connectivity index (χ3n) is 1.32. The van der Waals surface area contributed by atoms with Crippen LogP contribution in [0.3, 0.4) is 0 Å². The number of hydrogen-bond acceptors (Lipinski definition) is 4. The van der Waals surface area contributed by atoms with Crippen LogP contribution in [0.2, 0.25) is 0 Å². The van der Waals surface area contributed by atoms with Gasteiger partial charge in [-0.05, 0) is 19.1 Å². The molecule has 0 aromatic carbocycles. The van der Waals surface area contributed by atoms with E-state index in [-0.39, 0.29) is 4.88 Å². The van der Waals surface area contributed by atoms with E-state index in [4.69, 9.17) is 5.11 Å². The number of aldehydes is 1. The molecule has 0 bridgehead atoms. The number of carbonyl (C=O) groups is 2. The van der Waals surface area contributed by atoms with Crippen LogP contribution in [0.15, 0.2) is 6.08 Å². The van der Waals surface area contributed by atoms with Gasteiger partial charge in [-0.2, -0.15) is 0 Å². The van der Waals surface area contributed by atoms with Crippen molar-refractivity contribution in [2.75, 3.05) is 0 Å². The zero-order valence-corrected chi connectivity index (χ0v) is 7.67. The van der Waals surface area contributed by atoms with E-state index < -0.39 is 5.97 Å². The number of nitrogens with zero attached hydrogens (tertiary/aromatic N) is 1. The van der Waals surface area contributed by atoms with Crippen molar-refractivity contribution in [3.8, 4) is 0 Å². The smallest absolute Gasteiger partial charge is 0.347 e. The second-order valence-corrected chi connectivity index (χ2v) is 3.30. The summed E-state index contributed by atoms with van der Waals surface area (Å²) in [7, 11) is 0. The number of carboxylic acids is 1. The Kier molecular flexibility index (Phi) is 2.92. The van der Waals surface area contributed by atoms with E-state index in [0.717, 1.165) is 11.3 Å². The van der Waals surface area contributed by atoms with Crippen molar-refractivity contribution in [2.24, 2.45) is 0 Å². The molecule has 5 heteroatoms. The molecule has 1 rings (SSSR count). The van der Waals surface area contributed by atoms with E-state index in [9.17, 15) is 9.59 Å². The van der Waals surface area contributed by atoms with Gasteiger partial charge in [0.1, 0.15) is 16.2 Å². The van der Waals surface area contributed by atoms with Gasteiger partial charge in [-0.1, -0.05) is 0 Å². The molecule has 0 aliphatic carbocycles. The highest BCUT2D eigenvalue weighted by molar-refractivity contribution is 7.14. The lowest BCUT2D eigenvalue weighted by Crippen LogP contribution is -1.94. The van der Waals surface area contributed by atoms with Crippen LogP contribution < -0.4 is 0 Å². The summed E-state index contributed by atoms with van der Waals surface area (Å²) in [6.07, 6.45) is 3.39. The molecule has 0 radical (unpaired) electrons. The van der Waals surface area contributed by atoms with Crippen molar-refractivity contribution in [3.63, 3.8) is 0 Å². The summed E-state index contributed by atoms with van der Waals surface area (Å²) in [5, 5.41) is 9.21. The highest BCUT2D eigenvalue weighted by Crippen LogP contribution is 2.18. The summed E-state index contributed by atoms with van der Waals surface area (Å²) >= 11 is 1.05. The molecule has 13 heavy (non-hydrogen) atoms. The molecule has 0 fully saturated rings. The minimum Gasteiger partial charge on any atom is -0.477 e. The number of aryl methyl sites for hydroxylation is 1. The van der Waals surface area contributed by atoms with Gasteiger partial charge in [0.15, 0.2) is 0 Å². The highest BCUT2D eigenvalue weighted by atomic mass is 32.1. The molecular weight excluding hydrogens is 190 g/mol. The van der Waals surface area contributed by atoms with Crippen molar-refractivity contribution >= 4 is 29.7 Å². The Morgan fingerprint density at radius 2 is 2.31 bits per heavy atom. The standard InChI is InChI=1S/C8H7NO3S/c1-5-7(8(11)12)13-6(9-5)3-2-4-10/h2-4H,1H3,(H,11,12). The number of aromatic carboxylic acids is 1. The van der Waals surface area contributed by atoms with E-state index in [2.05, 4.69) is 4.98 Å². The van der Waals surface area contributed by atoms with E-state index in [0.29, 0.717) is 17.0 Å². The molecule has 0 amide bonds. The lowest BCUT2D eigenvalue weighted by Gasteiger charge is -1.84. The topological polar surface area (TPSA) is 67.3 Å². The Hall–Kier alpha value is -1.49. The monoisotopic (exact) mass is 197 g/mol. The molecule has 1 N–H and O–H groups in total. The normalized spacial score (nSPS) is 10.5. The molecule has 0 saturated carbocycles. The third-order valence-corrected chi connectivity index (χ3v) is 2.44. The first-order valence-corrected chi connectivity index (χ1v) is 4.29. The van der Waals surface area contributed by atoms with Crippen LogP contribution in [0.4, 0.5) is 0 Å². The van der Waals surface area contributed by atoms with Gasteiger partial charge in [0.2, 0.25) is 0 Å². The lowest BCUT2D eigenvalue weighted by molar-refractivity contribution is -0.104. The summed E-state index contributed by atoms with van der Waals surface area (Å²) < 4.78 is 0. The fraction of sp³-hybridized carbons (Fsp3) is 0.125. The van der Waals surface area contributed by atoms with Crippen molar-refractivity contribution in [2.45, 2.75) is 6.92 Å². The Labute approximate surface area is 78.5 Å². The summed E-state index contributed by atoms with van der Waals surface area (Å²) in [5.74, 6) is -0.985. The Morgan fingerprint density at radius 3 is 2.77 bits per heavy atom. The molecule has 0 atom stereocenters. The second kappa shape index (κ2) is 3.95. The molecule has 0 saturated heterocycles. The molecule has 68 valence electrons. The number of aromatic nitrogens is 1. The quantitative estimate of drug-likeness (QED) is 0.586. The number of carbonyl (C=O) groups excluding carboxylic acids is 1. The van der Waals surface area contributed by atoms with Gasteiger partial charge in [-0.25, -0.2) is 9.78 Å². The van der Waals surface area contributed by atoms with Crippen molar-refractivity contribution in [1.29, 1.82) is 0 Å². The number of thiazole rings is 1. The van der Waals surface area contributed by atoms with Crippen LogP contribution in [0, 0.1) is 6.92 Å². The molecule has 0 aliphatic heterocycles. The van der Waals surface area contributed by atoms with Crippen LogP contribution in [0.1, 0.15) is 20.4 Å².